The molecule has 3 heterocycles. The van der Waals surface area contributed by atoms with Gasteiger partial charge in [0.25, 0.3) is 0 Å². The average molecular weight is 375 g/mol. The van der Waals surface area contributed by atoms with Crippen LogP contribution in [0.5, 0.6) is 0 Å². The Hall–Kier alpha value is -2.84. The van der Waals surface area contributed by atoms with Crippen LogP contribution in [-0.4, -0.2) is 50.8 Å². The first-order valence-electron chi connectivity index (χ1n) is 9.11. The molecular formula is C18H25N5O4. The first-order chi connectivity index (χ1) is 13.0. The normalized spacial score (nSPS) is 17.1. The van der Waals surface area contributed by atoms with Crippen molar-refractivity contribution in [2.75, 3.05) is 13.1 Å². The van der Waals surface area contributed by atoms with E-state index < -0.39 is 0 Å². The summed E-state index contributed by atoms with van der Waals surface area (Å²) >= 11 is 0. The Labute approximate surface area is 157 Å². The highest BCUT2D eigenvalue weighted by molar-refractivity contribution is 5.78. The molecule has 1 aliphatic rings. The van der Waals surface area contributed by atoms with Gasteiger partial charge in [0.2, 0.25) is 5.91 Å². The fourth-order valence-corrected chi connectivity index (χ4v) is 3.15. The van der Waals surface area contributed by atoms with Gasteiger partial charge in [0.1, 0.15) is 12.5 Å². The molecule has 1 N–H and O–H groups in total. The highest BCUT2D eigenvalue weighted by Gasteiger charge is 2.27. The van der Waals surface area contributed by atoms with Crippen LogP contribution >= 0.6 is 0 Å². The number of hydrogen-bond acceptors (Lipinski definition) is 6. The van der Waals surface area contributed by atoms with Crippen LogP contribution in [0.15, 0.2) is 34.1 Å². The second-order valence-corrected chi connectivity index (χ2v) is 7.04. The predicted molar refractivity (Wildman–Crippen MR) is 95.2 cm³/mol. The highest BCUT2D eigenvalue weighted by Crippen LogP contribution is 2.15. The lowest BCUT2D eigenvalue weighted by atomic mass is 10.0. The van der Waals surface area contributed by atoms with E-state index in [9.17, 15) is 9.59 Å². The molecule has 3 amide bonds. The van der Waals surface area contributed by atoms with Crippen LogP contribution in [0, 0.1) is 5.92 Å². The van der Waals surface area contributed by atoms with Crippen molar-refractivity contribution in [3.8, 4) is 0 Å². The Kier molecular flexibility index (Phi) is 6.10. The minimum atomic E-state index is -0.232. The SMILES string of the molecule is CC(C)C(=O)N1CCC[C@@H](NC(=O)N(Cc2cocn2)Cc2cocn2)C1. The van der Waals surface area contributed by atoms with E-state index in [0.717, 1.165) is 19.4 Å². The van der Waals surface area contributed by atoms with E-state index in [-0.39, 0.29) is 37.0 Å². The molecule has 0 bridgehead atoms. The Balaban J connectivity index is 1.63. The number of carbonyl (C=O) groups is 2. The van der Waals surface area contributed by atoms with Crippen molar-refractivity contribution >= 4 is 11.9 Å². The summed E-state index contributed by atoms with van der Waals surface area (Å²) in [6.07, 6.45) is 7.39. The third-order valence-electron chi connectivity index (χ3n) is 4.51. The van der Waals surface area contributed by atoms with Crippen LogP contribution in [0.25, 0.3) is 0 Å². The van der Waals surface area contributed by atoms with Crippen LogP contribution in [-0.2, 0) is 17.9 Å². The van der Waals surface area contributed by atoms with Gasteiger partial charge in [-0.3, -0.25) is 4.79 Å². The quantitative estimate of drug-likeness (QED) is 0.828. The largest absolute Gasteiger partial charge is 0.451 e. The van der Waals surface area contributed by atoms with Crippen LogP contribution < -0.4 is 5.32 Å². The Morgan fingerprint density at radius 3 is 2.37 bits per heavy atom. The molecule has 0 spiro atoms. The number of piperidine rings is 1. The van der Waals surface area contributed by atoms with Gasteiger partial charge in [0.05, 0.1) is 24.5 Å². The molecule has 2 aromatic rings. The van der Waals surface area contributed by atoms with Crippen LogP contribution in [0.4, 0.5) is 4.79 Å². The highest BCUT2D eigenvalue weighted by atomic mass is 16.3. The zero-order valence-electron chi connectivity index (χ0n) is 15.6. The summed E-state index contributed by atoms with van der Waals surface area (Å²) in [6.45, 7) is 5.63. The molecule has 0 radical (unpaired) electrons. The van der Waals surface area contributed by atoms with E-state index >= 15 is 0 Å². The number of urea groups is 1. The topological polar surface area (TPSA) is 105 Å². The number of oxazole rings is 2. The molecule has 0 saturated carbocycles. The number of nitrogens with zero attached hydrogens (tertiary/aromatic N) is 4. The first kappa shape index (κ1) is 18.9. The second kappa shape index (κ2) is 8.70. The molecule has 1 fully saturated rings. The number of rotatable bonds is 6. The maximum absolute atomic E-state index is 12.9. The number of hydrogen-bond donors (Lipinski definition) is 1. The average Bonchev–Trinajstić information content (AvgIpc) is 3.34. The van der Waals surface area contributed by atoms with Crippen LogP contribution in [0.3, 0.4) is 0 Å². The molecule has 1 saturated heterocycles. The zero-order valence-corrected chi connectivity index (χ0v) is 15.6. The first-order valence-corrected chi connectivity index (χ1v) is 9.11. The van der Waals surface area contributed by atoms with Gasteiger partial charge in [-0.1, -0.05) is 13.8 Å². The maximum Gasteiger partial charge on any atom is 0.318 e. The zero-order chi connectivity index (χ0) is 19.2. The van der Waals surface area contributed by atoms with E-state index in [1.165, 1.54) is 25.3 Å². The number of likely N-dealkylation sites (tertiary alicyclic amines) is 1. The predicted octanol–water partition coefficient (Wildman–Crippen LogP) is 2.02. The number of aromatic nitrogens is 2. The molecule has 9 heteroatoms. The number of nitrogens with one attached hydrogen (secondary N) is 1. The molecule has 146 valence electrons. The lowest BCUT2D eigenvalue weighted by molar-refractivity contribution is -0.135. The fourth-order valence-electron chi connectivity index (χ4n) is 3.15. The number of amides is 3. The molecule has 1 atom stereocenters. The van der Waals surface area contributed by atoms with Crippen molar-refractivity contribution in [1.82, 2.24) is 25.1 Å². The number of carbonyl (C=O) groups excluding carboxylic acids is 2. The summed E-state index contributed by atoms with van der Waals surface area (Å²) in [7, 11) is 0. The van der Waals surface area contributed by atoms with Gasteiger partial charge in [-0.15, -0.1) is 0 Å². The van der Waals surface area contributed by atoms with Crippen molar-refractivity contribution in [3.63, 3.8) is 0 Å². The molecule has 27 heavy (non-hydrogen) atoms. The smallest absolute Gasteiger partial charge is 0.318 e. The van der Waals surface area contributed by atoms with Crippen LogP contribution in [0.2, 0.25) is 0 Å². The maximum atomic E-state index is 12.9. The second-order valence-electron chi connectivity index (χ2n) is 7.04. The molecule has 0 aliphatic carbocycles. The lowest BCUT2D eigenvalue weighted by Gasteiger charge is -2.35. The van der Waals surface area contributed by atoms with Crippen LogP contribution in [0.1, 0.15) is 38.1 Å². The van der Waals surface area contributed by atoms with Gasteiger partial charge in [-0.05, 0) is 12.8 Å². The molecule has 0 unspecified atom stereocenters. The molecule has 0 aromatic carbocycles. The Morgan fingerprint density at radius 1 is 1.22 bits per heavy atom. The minimum Gasteiger partial charge on any atom is -0.451 e. The summed E-state index contributed by atoms with van der Waals surface area (Å²) in [5.41, 5.74) is 1.29. The molecule has 2 aromatic heterocycles. The standard InChI is InChI=1S/C18H25N5O4/c1-13(2)17(24)22-5-3-4-14(6-22)21-18(25)23(7-15-9-26-11-19-15)8-16-10-27-12-20-16/h9-14H,3-8H2,1-2H3,(H,21,25)/t14-/m1/s1. The summed E-state index contributed by atoms with van der Waals surface area (Å²) in [5, 5.41) is 3.04. The van der Waals surface area contributed by atoms with Crippen molar-refractivity contribution in [3.05, 3.63) is 36.7 Å². The van der Waals surface area contributed by atoms with Gasteiger partial charge in [0.15, 0.2) is 12.8 Å². The van der Waals surface area contributed by atoms with Gasteiger partial charge < -0.3 is 24.0 Å². The van der Waals surface area contributed by atoms with Gasteiger partial charge in [-0.2, -0.15) is 0 Å². The van der Waals surface area contributed by atoms with E-state index in [1.54, 1.807) is 4.90 Å². The molecular weight excluding hydrogens is 350 g/mol. The molecule has 1 aliphatic heterocycles. The summed E-state index contributed by atoms with van der Waals surface area (Å²) < 4.78 is 9.99. The fraction of sp³-hybridized carbons (Fsp3) is 0.556. The molecule has 9 nitrogen and oxygen atoms in total. The summed E-state index contributed by atoms with van der Waals surface area (Å²) in [5.74, 6) is 0.0753. The summed E-state index contributed by atoms with van der Waals surface area (Å²) in [6, 6.07) is -0.309. The monoisotopic (exact) mass is 375 g/mol. The van der Waals surface area contributed by atoms with E-state index in [4.69, 9.17) is 8.83 Å². The van der Waals surface area contributed by atoms with Crippen molar-refractivity contribution in [2.24, 2.45) is 5.92 Å². The third-order valence-corrected chi connectivity index (χ3v) is 4.51. The van der Waals surface area contributed by atoms with Crippen molar-refractivity contribution in [2.45, 2.75) is 45.8 Å². The van der Waals surface area contributed by atoms with Gasteiger partial charge in [0, 0.05) is 25.0 Å². The van der Waals surface area contributed by atoms with Crippen molar-refractivity contribution < 1.29 is 18.4 Å². The minimum absolute atomic E-state index is 0.0460. The van der Waals surface area contributed by atoms with E-state index in [2.05, 4.69) is 15.3 Å². The summed E-state index contributed by atoms with van der Waals surface area (Å²) in [4.78, 5) is 36.7. The van der Waals surface area contributed by atoms with E-state index in [1.807, 2.05) is 18.7 Å². The third kappa shape index (κ3) is 5.08. The lowest BCUT2D eigenvalue weighted by Crippen LogP contribution is -2.53. The van der Waals surface area contributed by atoms with E-state index in [0.29, 0.717) is 17.9 Å². The van der Waals surface area contributed by atoms with Gasteiger partial charge in [-0.25, -0.2) is 14.8 Å². The molecule has 3 rings (SSSR count). The van der Waals surface area contributed by atoms with Crippen molar-refractivity contribution in [1.29, 1.82) is 0 Å². The van der Waals surface area contributed by atoms with Gasteiger partial charge >= 0.3 is 6.03 Å². The Bertz CT molecular complexity index is 693. The Morgan fingerprint density at radius 2 is 1.85 bits per heavy atom.